The van der Waals surface area contributed by atoms with Crippen LogP contribution in [0.5, 0.6) is 0 Å². The molecule has 0 aromatic carbocycles. The fourth-order valence-electron chi connectivity index (χ4n) is 5.75. The van der Waals surface area contributed by atoms with Gasteiger partial charge in [-0.1, -0.05) is 19.3 Å². The first-order valence-electron chi connectivity index (χ1n) is 12.7. The number of carbonyl (C=O) groups excluding carboxylic acids is 2. The van der Waals surface area contributed by atoms with Crippen molar-refractivity contribution < 1.29 is 9.59 Å². The number of carbonyl (C=O) groups is 2. The first-order valence-corrected chi connectivity index (χ1v) is 12.7. The van der Waals surface area contributed by atoms with E-state index in [4.69, 9.17) is 0 Å². The highest BCUT2D eigenvalue weighted by Gasteiger charge is 2.24. The molecule has 3 aliphatic rings. The molecule has 0 unspecified atom stereocenters. The van der Waals surface area contributed by atoms with Crippen LogP contribution < -0.4 is 0 Å². The molecule has 2 saturated heterocycles. The Bertz CT molecular complexity index is 831. The Labute approximate surface area is 193 Å². The maximum absolute atomic E-state index is 12.9. The van der Waals surface area contributed by atoms with Crippen molar-refractivity contribution in [1.82, 2.24) is 19.3 Å². The number of aromatic nitrogens is 1. The molecule has 3 fully saturated rings. The molecule has 0 radical (unpaired) electrons. The SMILES string of the molecule is Cc1cc(C=CC(=O)N2CCCN(CC(=O)N3CCCC3)CC2)c(C)n1C1CCCCC1. The van der Waals surface area contributed by atoms with Crippen LogP contribution in [0, 0.1) is 13.8 Å². The number of amides is 2. The fraction of sp³-hybridized carbons (Fsp3) is 0.692. The van der Waals surface area contributed by atoms with Gasteiger partial charge in [-0.05, 0) is 63.7 Å². The molecule has 2 amide bonds. The van der Waals surface area contributed by atoms with Crippen molar-refractivity contribution in [3.8, 4) is 0 Å². The molecule has 2 aliphatic heterocycles. The summed E-state index contributed by atoms with van der Waals surface area (Å²) in [7, 11) is 0. The molecule has 1 aromatic rings. The van der Waals surface area contributed by atoms with Crippen molar-refractivity contribution in [1.29, 1.82) is 0 Å². The lowest BCUT2D eigenvalue weighted by Crippen LogP contribution is -2.41. The predicted octanol–water partition coefficient (Wildman–Crippen LogP) is 3.78. The van der Waals surface area contributed by atoms with Gasteiger partial charge in [0.1, 0.15) is 0 Å². The van der Waals surface area contributed by atoms with Gasteiger partial charge in [-0.25, -0.2) is 0 Å². The summed E-state index contributed by atoms with van der Waals surface area (Å²) in [5.74, 6) is 0.329. The molecular weight excluding hydrogens is 400 g/mol. The van der Waals surface area contributed by atoms with Gasteiger partial charge in [0.25, 0.3) is 0 Å². The monoisotopic (exact) mass is 440 g/mol. The summed E-state index contributed by atoms with van der Waals surface area (Å²) in [6, 6.07) is 2.84. The third-order valence-electron chi connectivity index (χ3n) is 7.59. The van der Waals surface area contributed by atoms with Crippen LogP contribution in [0.4, 0.5) is 0 Å². The van der Waals surface area contributed by atoms with Gasteiger partial charge in [-0.15, -0.1) is 0 Å². The highest BCUT2D eigenvalue weighted by molar-refractivity contribution is 5.92. The Morgan fingerprint density at radius 3 is 2.34 bits per heavy atom. The summed E-state index contributed by atoms with van der Waals surface area (Å²) >= 11 is 0. The van der Waals surface area contributed by atoms with Gasteiger partial charge in [0, 0.05) is 62.8 Å². The van der Waals surface area contributed by atoms with Gasteiger partial charge >= 0.3 is 0 Å². The van der Waals surface area contributed by atoms with E-state index in [-0.39, 0.29) is 11.8 Å². The lowest BCUT2D eigenvalue weighted by atomic mass is 9.95. The van der Waals surface area contributed by atoms with E-state index in [1.807, 2.05) is 15.9 Å². The van der Waals surface area contributed by atoms with E-state index in [0.29, 0.717) is 19.1 Å². The second-order valence-corrected chi connectivity index (χ2v) is 9.86. The Morgan fingerprint density at radius 2 is 1.59 bits per heavy atom. The number of hydrogen-bond donors (Lipinski definition) is 0. The van der Waals surface area contributed by atoms with Gasteiger partial charge in [-0.2, -0.15) is 0 Å². The Hall–Kier alpha value is -2.08. The van der Waals surface area contributed by atoms with Gasteiger partial charge in [0.05, 0.1) is 6.54 Å². The Balaban J connectivity index is 1.32. The Morgan fingerprint density at radius 1 is 0.875 bits per heavy atom. The van der Waals surface area contributed by atoms with E-state index in [0.717, 1.165) is 57.5 Å². The zero-order chi connectivity index (χ0) is 22.5. The van der Waals surface area contributed by atoms with Crippen LogP contribution in [0.2, 0.25) is 0 Å². The van der Waals surface area contributed by atoms with E-state index in [1.54, 1.807) is 6.08 Å². The minimum atomic E-state index is 0.0835. The van der Waals surface area contributed by atoms with Crippen LogP contribution in [0.3, 0.4) is 0 Å². The summed E-state index contributed by atoms with van der Waals surface area (Å²) in [6.07, 6.45) is 13.5. The van der Waals surface area contributed by atoms with Crippen LogP contribution in [0.1, 0.15) is 74.4 Å². The van der Waals surface area contributed by atoms with Gasteiger partial charge in [0.15, 0.2) is 0 Å². The van der Waals surface area contributed by atoms with Crippen molar-refractivity contribution in [2.24, 2.45) is 0 Å². The number of nitrogens with zero attached hydrogens (tertiary/aromatic N) is 4. The van der Waals surface area contributed by atoms with E-state index < -0.39 is 0 Å². The molecule has 32 heavy (non-hydrogen) atoms. The molecule has 6 nitrogen and oxygen atoms in total. The molecule has 0 spiro atoms. The number of rotatable bonds is 5. The highest BCUT2D eigenvalue weighted by Crippen LogP contribution is 2.32. The minimum absolute atomic E-state index is 0.0835. The summed E-state index contributed by atoms with van der Waals surface area (Å²) in [6.45, 7) is 9.79. The molecule has 4 rings (SSSR count). The molecule has 0 bridgehead atoms. The third kappa shape index (κ3) is 5.45. The predicted molar refractivity (Wildman–Crippen MR) is 129 cm³/mol. The van der Waals surface area contributed by atoms with Crippen LogP contribution in [-0.4, -0.2) is 76.9 Å². The zero-order valence-electron chi connectivity index (χ0n) is 20.0. The summed E-state index contributed by atoms with van der Waals surface area (Å²) in [5, 5.41) is 0. The summed E-state index contributed by atoms with van der Waals surface area (Å²) in [4.78, 5) is 31.5. The molecular formula is C26H40N4O2. The zero-order valence-corrected chi connectivity index (χ0v) is 20.0. The fourth-order valence-corrected chi connectivity index (χ4v) is 5.75. The van der Waals surface area contributed by atoms with Crippen LogP contribution >= 0.6 is 0 Å². The van der Waals surface area contributed by atoms with E-state index in [1.165, 1.54) is 43.5 Å². The molecule has 0 N–H and O–H groups in total. The van der Waals surface area contributed by atoms with E-state index in [2.05, 4.69) is 29.4 Å². The maximum Gasteiger partial charge on any atom is 0.246 e. The molecule has 1 aliphatic carbocycles. The van der Waals surface area contributed by atoms with Crippen molar-refractivity contribution in [2.75, 3.05) is 45.8 Å². The topological polar surface area (TPSA) is 48.8 Å². The quantitative estimate of drug-likeness (QED) is 0.655. The minimum Gasteiger partial charge on any atom is -0.346 e. The van der Waals surface area contributed by atoms with E-state index in [9.17, 15) is 9.59 Å². The summed E-state index contributed by atoms with van der Waals surface area (Å²) in [5.41, 5.74) is 3.74. The van der Waals surface area contributed by atoms with E-state index >= 15 is 0 Å². The smallest absolute Gasteiger partial charge is 0.246 e. The molecule has 176 valence electrons. The van der Waals surface area contributed by atoms with Crippen molar-refractivity contribution in [3.63, 3.8) is 0 Å². The van der Waals surface area contributed by atoms with Crippen LogP contribution in [0.25, 0.3) is 6.08 Å². The number of likely N-dealkylation sites (tertiary alicyclic amines) is 1. The highest BCUT2D eigenvalue weighted by atomic mass is 16.2. The second kappa shape index (κ2) is 10.7. The second-order valence-electron chi connectivity index (χ2n) is 9.86. The standard InChI is InChI=1S/C26H40N4O2/c1-21-19-23(22(2)30(21)24-9-4-3-5-10-24)11-12-25(31)29-16-8-13-27(17-18-29)20-26(32)28-14-6-7-15-28/h11-12,19,24H,3-10,13-18,20H2,1-2H3. The molecule has 3 heterocycles. The van der Waals surface area contributed by atoms with Gasteiger partial charge in [-0.3, -0.25) is 14.5 Å². The number of hydrogen-bond acceptors (Lipinski definition) is 3. The first kappa shape index (κ1) is 23.1. The number of aryl methyl sites for hydroxylation is 1. The lowest BCUT2D eigenvalue weighted by molar-refractivity contribution is -0.131. The van der Waals surface area contributed by atoms with Crippen molar-refractivity contribution in [3.05, 3.63) is 29.1 Å². The van der Waals surface area contributed by atoms with Crippen molar-refractivity contribution in [2.45, 2.75) is 71.3 Å². The molecule has 1 saturated carbocycles. The normalized spacial score (nSPS) is 21.4. The van der Waals surface area contributed by atoms with Crippen LogP contribution in [-0.2, 0) is 9.59 Å². The lowest BCUT2D eigenvalue weighted by Gasteiger charge is -2.26. The molecule has 1 aromatic heterocycles. The third-order valence-corrected chi connectivity index (χ3v) is 7.59. The average Bonchev–Trinajstić information content (AvgIpc) is 3.36. The van der Waals surface area contributed by atoms with Gasteiger partial charge in [0.2, 0.25) is 11.8 Å². The van der Waals surface area contributed by atoms with Crippen molar-refractivity contribution >= 4 is 17.9 Å². The van der Waals surface area contributed by atoms with Gasteiger partial charge < -0.3 is 14.4 Å². The largest absolute Gasteiger partial charge is 0.346 e. The summed E-state index contributed by atoms with van der Waals surface area (Å²) < 4.78 is 2.49. The molecule has 6 heteroatoms. The average molecular weight is 441 g/mol. The maximum atomic E-state index is 12.9. The first-order chi connectivity index (χ1) is 15.5. The van der Waals surface area contributed by atoms with Crippen LogP contribution in [0.15, 0.2) is 12.1 Å². The molecule has 0 atom stereocenters. The Kier molecular flexibility index (Phi) is 7.71.